The maximum Gasteiger partial charge on any atom is 0.434 e. The van der Waals surface area contributed by atoms with E-state index >= 15 is 0 Å². The average Bonchev–Trinajstić information content (AvgIpc) is 3.49. The summed E-state index contributed by atoms with van der Waals surface area (Å²) in [7, 11) is 0. The van der Waals surface area contributed by atoms with Crippen LogP contribution in [-0.2, 0) is 6.18 Å². The molecule has 1 aliphatic carbocycles. The molecule has 0 unspecified atom stereocenters. The van der Waals surface area contributed by atoms with Crippen molar-refractivity contribution < 1.29 is 22.4 Å². The summed E-state index contributed by atoms with van der Waals surface area (Å²) in [6.45, 7) is 0.634. The minimum absolute atomic E-state index is 0.0877. The van der Waals surface area contributed by atoms with Crippen molar-refractivity contribution in [2.24, 2.45) is 5.92 Å². The van der Waals surface area contributed by atoms with Gasteiger partial charge in [-0.05, 0) is 30.4 Å². The molecule has 1 amide bonds. The summed E-state index contributed by atoms with van der Waals surface area (Å²) in [6, 6.07) is 11.1. The van der Waals surface area contributed by atoms with Crippen molar-refractivity contribution in [3.63, 3.8) is 0 Å². The number of aromatic nitrogens is 2. The first-order chi connectivity index (χ1) is 14.9. The van der Waals surface area contributed by atoms with Gasteiger partial charge in [-0.2, -0.15) is 13.2 Å². The van der Waals surface area contributed by atoms with Gasteiger partial charge in [0.25, 0.3) is 5.91 Å². The number of piperidine rings is 1. The molecule has 6 nitrogen and oxygen atoms in total. The van der Waals surface area contributed by atoms with Crippen molar-refractivity contribution in [1.29, 1.82) is 0 Å². The summed E-state index contributed by atoms with van der Waals surface area (Å²) in [6.07, 6.45) is 0.437. The summed E-state index contributed by atoms with van der Waals surface area (Å²) in [5.41, 5.74) is 0.610. The molecule has 0 spiro atoms. The van der Waals surface area contributed by atoms with E-state index in [1.54, 1.807) is 11.0 Å². The number of anilines is 1. The van der Waals surface area contributed by atoms with Gasteiger partial charge < -0.3 is 14.6 Å². The molecule has 1 saturated heterocycles. The second-order valence-electron chi connectivity index (χ2n) is 7.93. The minimum Gasteiger partial charge on any atom is -0.459 e. The zero-order valence-corrected chi connectivity index (χ0v) is 16.3. The van der Waals surface area contributed by atoms with Crippen LogP contribution in [0.15, 0.2) is 59.5 Å². The van der Waals surface area contributed by atoms with E-state index in [1.807, 2.05) is 30.3 Å². The first-order valence-corrected chi connectivity index (χ1v) is 10.00. The van der Waals surface area contributed by atoms with Crippen molar-refractivity contribution in [2.45, 2.75) is 31.1 Å². The molecule has 3 atom stereocenters. The molecule has 2 aliphatic rings. The number of rotatable bonds is 4. The van der Waals surface area contributed by atoms with E-state index in [0.717, 1.165) is 30.2 Å². The molecule has 2 aromatic heterocycles. The monoisotopic (exact) mass is 428 g/mol. The fourth-order valence-electron chi connectivity index (χ4n) is 4.60. The van der Waals surface area contributed by atoms with Gasteiger partial charge in [0.15, 0.2) is 11.5 Å². The normalized spacial score (nSPS) is 22.7. The molecule has 2 bridgehead atoms. The number of likely N-dealkylation sites (tertiary alicyclic amines) is 1. The second-order valence-corrected chi connectivity index (χ2v) is 7.93. The molecule has 1 aliphatic heterocycles. The molecule has 1 N–H and O–H groups in total. The number of benzene rings is 1. The van der Waals surface area contributed by atoms with Gasteiger partial charge in [0, 0.05) is 18.2 Å². The highest BCUT2D eigenvalue weighted by molar-refractivity contribution is 5.98. The minimum atomic E-state index is -4.53. The molecule has 0 radical (unpaired) electrons. The van der Waals surface area contributed by atoms with Crippen molar-refractivity contribution >= 4 is 11.7 Å². The molecule has 31 heavy (non-hydrogen) atoms. The number of carbonyl (C=O) groups excluding carboxylic acids is 1. The maximum atomic E-state index is 13.3. The molecular formula is C22H19F3N4O2. The molecule has 3 aromatic rings. The highest BCUT2D eigenvalue weighted by Gasteiger charge is 2.48. The summed E-state index contributed by atoms with van der Waals surface area (Å²) >= 11 is 0. The highest BCUT2D eigenvalue weighted by Crippen LogP contribution is 2.40. The van der Waals surface area contributed by atoms with Crippen LogP contribution in [0.5, 0.6) is 0 Å². The number of hydrogen-bond donors (Lipinski definition) is 1. The van der Waals surface area contributed by atoms with E-state index in [4.69, 9.17) is 4.42 Å². The SMILES string of the molecule is O=C(c1occc1-c1ccccc1)N1C[C@@H]2C[C@@H](Nc3cnc(C(F)(F)F)cn3)[C@@H]1C2. The number of fused-ring (bicyclic) bond motifs is 2. The number of nitrogens with zero attached hydrogens (tertiary/aromatic N) is 3. The van der Waals surface area contributed by atoms with Gasteiger partial charge in [0.1, 0.15) is 5.82 Å². The Bertz CT molecular complexity index is 1080. The zero-order valence-electron chi connectivity index (χ0n) is 16.3. The van der Waals surface area contributed by atoms with Crippen LogP contribution < -0.4 is 5.32 Å². The molecule has 5 rings (SSSR count). The summed E-state index contributed by atoms with van der Waals surface area (Å²) in [5, 5.41) is 3.16. The Labute approximate surface area is 176 Å². The lowest BCUT2D eigenvalue weighted by Crippen LogP contribution is -2.47. The second kappa shape index (κ2) is 7.40. The van der Waals surface area contributed by atoms with E-state index in [2.05, 4.69) is 15.3 Å². The van der Waals surface area contributed by atoms with Crippen LogP contribution in [-0.4, -0.2) is 39.4 Å². The predicted molar refractivity (Wildman–Crippen MR) is 106 cm³/mol. The number of halogens is 3. The van der Waals surface area contributed by atoms with E-state index < -0.39 is 11.9 Å². The smallest absolute Gasteiger partial charge is 0.434 e. The molecule has 1 aromatic carbocycles. The summed E-state index contributed by atoms with van der Waals surface area (Å²) < 4.78 is 43.7. The highest BCUT2D eigenvalue weighted by atomic mass is 19.4. The number of amides is 1. The quantitative estimate of drug-likeness (QED) is 0.664. The maximum absolute atomic E-state index is 13.3. The van der Waals surface area contributed by atoms with Crippen molar-refractivity contribution in [1.82, 2.24) is 14.9 Å². The van der Waals surface area contributed by atoms with E-state index in [0.29, 0.717) is 24.4 Å². The van der Waals surface area contributed by atoms with E-state index in [9.17, 15) is 18.0 Å². The Morgan fingerprint density at radius 2 is 1.90 bits per heavy atom. The van der Waals surface area contributed by atoms with Crippen LogP contribution in [0.4, 0.5) is 19.0 Å². The topological polar surface area (TPSA) is 71.3 Å². The van der Waals surface area contributed by atoms with Crippen molar-refractivity contribution in [2.75, 3.05) is 11.9 Å². The fraction of sp³-hybridized carbons (Fsp3) is 0.318. The van der Waals surface area contributed by atoms with Gasteiger partial charge >= 0.3 is 6.18 Å². The number of nitrogens with one attached hydrogen (secondary N) is 1. The van der Waals surface area contributed by atoms with Crippen LogP contribution in [0.3, 0.4) is 0 Å². The summed E-state index contributed by atoms with van der Waals surface area (Å²) in [5.74, 6) is 0.707. The fourth-order valence-corrected chi connectivity index (χ4v) is 4.60. The zero-order chi connectivity index (χ0) is 21.6. The first kappa shape index (κ1) is 19.6. The standard InChI is InChI=1S/C22H19F3N4O2/c23-22(24,25)18-10-27-19(11-26-18)28-16-8-13-9-17(16)29(12-13)21(30)20-15(6-7-31-20)14-4-2-1-3-5-14/h1-7,10-11,13,16-17H,8-9,12H2,(H,27,28)/t13-,16-,17+/m1/s1. The Hall–Kier alpha value is -3.36. The lowest BCUT2D eigenvalue weighted by Gasteiger charge is -2.33. The summed E-state index contributed by atoms with van der Waals surface area (Å²) in [4.78, 5) is 22.4. The molecule has 2 fully saturated rings. The van der Waals surface area contributed by atoms with Gasteiger partial charge in [-0.3, -0.25) is 4.79 Å². The lowest BCUT2D eigenvalue weighted by atomic mass is 10.0. The molecular weight excluding hydrogens is 409 g/mol. The largest absolute Gasteiger partial charge is 0.459 e. The van der Waals surface area contributed by atoms with E-state index in [1.165, 1.54) is 6.26 Å². The van der Waals surface area contributed by atoms with Crippen molar-refractivity contribution in [3.05, 3.63) is 66.5 Å². The van der Waals surface area contributed by atoms with E-state index in [-0.39, 0.29) is 23.8 Å². The molecule has 160 valence electrons. The lowest BCUT2D eigenvalue weighted by molar-refractivity contribution is -0.141. The Balaban J connectivity index is 1.33. The Morgan fingerprint density at radius 1 is 1.10 bits per heavy atom. The van der Waals surface area contributed by atoms with Gasteiger partial charge in [0.05, 0.1) is 24.7 Å². The number of furan rings is 1. The average molecular weight is 428 g/mol. The molecule has 3 heterocycles. The molecule has 1 saturated carbocycles. The molecule has 9 heteroatoms. The number of hydrogen-bond acceptors (Lipinski definition) is 5. The van der Waals surface area contributed by atoms with Crippen molar-refractivity contribution in [3.8, 4) is 11.1 Å². The Kier molecular flexibility index (Phi) is 4.68. The first-order valence-electron chi connectivity index (χ1n) is 10.00. The van der Waals surface area contributed by atoms with Crippen LogP contribution >= 0.6 is 0 Å². The number of carbonyl (C=O) groups is 1. The van der Waals surface area contributed by atoms with Crippen LogP contribution in [0, 0.1) is 5.92 Å². The third-order valence-electron chi connectivity index (χ3n) is 5.96. The van der Waals surface area contributed by atoms with Gasteiger partial charge in [-0.1, -0.05) is 30.3 Å². The van der Waals surface area contributed by atoms with Gasteiger partial charge in [-0.15, -0.1) is 0 Å². The predicted octanol–water partition coefficient (Wildman–Crippen LogP) is 4.47. The Morgan fingerprint density at radius 3 is 2.58 bits per heavy atom. The van der Waals surface area contributed by atoms with Crippen LogP contribution in [0.2, 0.25) is 0 Å². The third-order valence-corrected chi connectivity index (χ3v) is 5.96. The van der Waals surface area contributed by atoms with Crippen LogP contribution in [0.1, 0.15) is 29.1 Å². The third kappa shape index (κ3) is 3.64. The van der Waals surface area contributed by atoms with Gasteiger partial charge in [-0.25, -0.2) is 9.97 Å². The van der Waals surface area contributed by atoms with Gasteiger partial charge in [0.2, 0.25) is 0 Å². The number of alkyl halides is 3. The van der Waals surface area contributed by atoms with Crippen LogP contribution in [0.25, 0.3) is 11.1 Å².